The zero-order valence-electron chi connectivity index (χ0n) is 13.3. The van der Waals surface area contributed by atoms with E-state index in [9.17, 15) is 4.79 Å². The van der Waals surface area contributed by atoms with Crippen molar-refractivity contribution >= 4 is 12.2 Å². The van der Waals surface area contributed by atoms with Gasteiger partial charge in [-0.1, -0.05) is 0 Å². The van der Waals surface area contributed by atoms with Gasteiger partial charge in [-0.05, 0) is 44.2 Å². The molecule has 1 amide bonds. The molecule has 3 aromatic heterocycles. The number of nitrogens with zero attached hydrogens (tertiary/aromatic N) is 3. The van der Waals surface area contributed by atoms with E-state index in [1.54, 1.807) is 43.9 Å². The van der Waals surface area contributed by atoms with Crippen molar-refractivity contribution in [3.63, 3.8) is 0 Å². The second kappa shape index (κ2) is 6.87. The molecule has 6 heteroatoms. The summed E-state index contributed by atoms with van der Waals surface area (Å²) in [6.45, 7) is 3.74. The van der Waals surface area contributed by atoms with Crippen LogP contribution in [0.15, 0.2) is 48.8 Å². The molecule has 0 atom stereocenters. The molecule has 1 radical (unpaired) electrons. The molecule has 0 bridgehead atoms. The Bertz CT molecular complexity index is 863. The molecule has 0 aromatic carbocycles. The van der Waals surface area contributed by atoms with E-state index in [-0.39, 0.29) is 0 Å². The summed E-state index contributed by atoms with van der Waals surface area (Å²) < 4.78 is 5.88. The molecule has 0 aliphatic carbocycles. The maximum atomic E-state index is 10.3. The lowest BCUT2D eigenvalue weighted by Gasteiger charge is -2.10. The molecule has 6 nitrogen and oxygen atoms in total. The van der Waals surface area contributed by atoms with Crippen LogP contribution >= 0.6 is 0 Å². The van der Waals surface area contributed by atoms with Gasteiger partial charge in [-0.2, -0.15) is 0 Å². The number of amides is 1. The maximum Gasteiger partial charge on any atom is 0.315 e. The van der Waals surface area contributed by atoms with E-state index >= 15 is 0 Å². The van der Waals surface area contributed by atoms with Gasteiger partial charge in [0.05, 0.1) is 11.4 Å². The topological polar surface area (TPSA) is 77.0 Å². The number of aromatic nitrogens is 3. The van der Waals surface area contributed by atoms with Crippen molar-refractivity contribution < 1.29 is 9.53 Å². The van der Waals surface area contributed by atoms with Crippen LogP contribution < -0.4 is 10.1 Å². The third-order valence-corrected chi connectivity index (χ3v) is 3.38. The highest BCUT2D eigenvalue weighted by atomic mass is 16.5. The molecule has 3 heterocycles. The van der Waals surface area contributed by atoms with E-state index in [1.165, 1.54) is 0 Å². The van der Waals surface area contributed by atoms with Crippen molar-refractivity contribution in [1.82, 2.24) is 15.0 Å². The van der Waals surface area contributed by atoms with Gasteiger partial charge in [0, 0.05) is 29.7 Å². The molecule has 0 saturated carbocycles. The first-order chi connectivity index (χ1) is 11.7. The Morgan fingerprint density at radius 3 is 2.67 bits per heavy atom. The van der Waals surface area contributed by atoms with Crippen LogP contribution in [0.3, 0.4) is 0 Å². The van der Waals surface area contributed by atoms with Crippen molar-refractivity contribution in [2.75, 3.05) is 5.32 Å². The van der Waals surface area contributed by atoms with Crippen molar-refractivity contribution in [2.45, 2.75) is 13.8 Å². The molecule has 0 spiro atoms. The summed E-state index contributed by atoms with van der Waals surface area (Å²) in [6.07, 6.45) is 5.06. The van der Waals surface area contributed by atoms with Gasteiger partial charge in [-0.25, -0.2) is 4.98 Å². The predicted octanol–water partition coefficient (Wildman–Crippen LogP) is 3.43. The van der Waals surface area contributed by atoms with E-state index < -0.39 is 0 Å². The molecule has 119 valence electrons. The zero-order valence-corrected chi connectivity index (χ0v) is 13.3. The van der Waals surface area contributed by atoms with Gasteiger partial charge in [0.15, 0.2) is 0 Å². The first kappa shape index (κ1) is 15.6. The van der Waals surface area contributed by atoms with Crippen LogP contribution in [0.2, 0.25) is 0 Å². The number of rotatable bonds is 5. The van der Waals surface area contributed by atoms with Crippen LogP contribution in [0.25, 0.3) is 11.3 Å². The van der Waals surface area contributed by atoms with E-state index in [1.807, 2.05) is 25.1 Å². The normalized spacial score (nSPS) is 10.2. The van der Waals surface area contributed by atoms with Crippen LogP contribution in [0, 0.1) is 13.8 Å². The van der Waals surface area contributed by atoms with Gasteiger partial charge in [0.25, 0.3) is 0 Å². The lowest BCUT2D eigenvalue weighted by atomic mass is 10.2. The van der Waals surface area contributed by atoms with Crippen LogP contribution in [0.1, 0.15) is 11.4 Å². The van der Waals surface area contributed by atoms with Gasteiger partial charge in [-0.3, -0.25) is 14.8 Å². The average molecular weight is 319 g/mol. The molecule has 0 aliphatic heterocycles. The van der Waals surface area contributed by atoms with Crippen LogP contribution in [0.5, 0.6) is 11.5 Å². The Kier molecular flexibility index (Phi) is 4.47. The quantitative estimate of drug-likeness (QED) is 0.729. The Morgan fingerprint density at radius 2 is 1.96 bits per heavy atom. The zero-order chi connectivity index (χ0) is 16.9. The third-order valence-electron chi connectivity index (χ3n) is 3.38. The summed E-state index contributed by atoms with van der Waals surface area (Å²) in [5.41, 5.74) is 3.31. The monoisotopic (exact) mass is 319 g/mol. The number of anilines is 1. The molecule has 0 aliphatic rings. The summed E-state index contributed by atoms with van der Waals surface area (Å²) in [5.74, 6) is 1.68. The number of pyridine rings is 3. The summed E-state index contributed by atoms with van der Waals surface area (Å²) >= 11 is 0. The smallest absolute Gasteiger partial charge is 0.315 e. The molecule has 3 rings (SSSR count). The fourth-order valence-electron chi connectivity index (χ4n) is 2.16. The number of aryl methyl sites for hydroxylation is 2. The molecule has 24 heavy (non-hydrogen) atoms. The molecular weight excluding hydrogens is 304 g/mol. The molecule has 1 N–H and O–H groups in total. The highest BCUT2D eigenvalue weighted by Gasteiger charge is 2.07. The first-order valence-electron chi connectivity index (χ1n) is 7.33. The number of nitrogens with one attached hydrogen (secondary N) is 1. The fourth-order valence-corrected chi connectivity index (χ4v) is 2.16. The number of hydrogen-bond acceptors (Lipinski definition) is 5. The second-order valence-electron chi connectivity index (χ2n) is 5.17. The Labute approximate surface area is 139 Å². The molecule has 3 aromatic rings. The first-order valence-corrected chi connectivity index (χ1v) is 7.33. The Morgan fingerprint density at radius 1 is 1.08 bits per heavy atom. The highest BCUT2D eigenvalue weighted by Crippen LogP contribution is 2.27. The van der Waals surface area contributed by atoms with Gasteiger partial charge < -0.3 is 10.1 Å². The fraction of sp³-hybridized carbons (Fsp3) is 0.111. The Hall–Kier alpha value is -3.28. The summed E-state index contributed by atoms with van der Waals surface area (Å²) in [6, 6.07) is 10.9. The number of ether oxygens (including phenoxy) is 1. The van der Waals surface area contributed by atoms with E-state index in [4.69, 9.17) is 4.74 Å². The predicted molar refractivity (Wildman–Crippen MR) is 90.6 cm³/mol. The molecular formula is C18H15N4O2. The van der Waals surface area contributed by atoms with Crippen LogP contribution in [0.4, 0.5) is 5.82 Å². The maximum absolute atomic E-state index is 10.3. The summed E-state index contributed by atoms with van der Waals surface area (Å²) in [7, 11) is 0. The summed E-state index contributed by atoms with van der Waals surface area (Å²) in [4.78, 5) is 23.2. The lowest BCUT2D eigenvalue weighted by Crippen LogP contribution is -1.99. The minimum atomic E-state index is 0.427. The van der Waals surface area contributed by atoms with E-state index in [0.29, 0.717) is 23.0 Å². The van der Waals surface area contributed by atoms with Crippen LogP contribution in [-0.2, 0) is 4.79 Å². The average Bonchev–Trinajstić information content (AvgIpc) is 2.59. The second-order valence-corrected chi connectivity index (χ2v) is 5.17. The van der Waals surface area contributed by atoms with Crippen molar-refractivity contribution in [3.05, 3.63) is 60.2 Å². The van der Waals surface area contributed by atoms with Gasteiger partial charge in [0.2, 0.25) is 0 Å². The van der Waals surface area contributed by atoms with Gasteiger partial charge in [0.1, 0.15) is 17.3 Å². The van der Waals surface area contributed by atoms with Crippen molar-refractivity contribution in [1.29, 1.82) is 0 Å². The van der Waals surface area contributed by atoms with Crippen molar-refractivity contribution in [3.8, 4) is 22.8 Å². The number of carbonyl (C=O) groups excluding carboxylic acids is 1. The standard InChI is InChI=1S/C18H15N4O2/c1-12-3-4-14(10-20-12)16-9-15(7-8-19-16)24-17-5-6-18(21-11-23)22-13(17)2/h3-10H,1-2H3,(H,21,22,23). The SMILES string of the molecule is Cc1ccc(-c2cc(Oc3ccc(N[C]=O)nc3C)ccn2)cn1. The van der Waals surface area contributed by atoms with Crippen molar-refractivity contribution in [2.24, 2.45) is 0 Å². The third kappa shape index (κ3) is 3.55. The summed E-state index contributed by atoms with van der Waals surface area (Å²) in [5, 5.41) is 2.39. The molecule has 0 fully saturated rings. The number of hydrogen-bond donors (Lipinski definition) is 1. The largest absolute Gasteiger partial charge is 0.455 e. The van der Waals surface area contributed by atoms with E-state index in [2.05, 4.69) is 20.3 Å². The van der Waals surface area contributed by atoms with E-state index in [0.717, 1.165) is 17.0 Å². The molecule has 0 saturated heterocycles. The van der Waals surface area contributed by atoms with Crippen LogP contribution in [-0.4, -0.2) is 21.4 Å². The van der Waals surface area contributed by atoms with Gasteiger partial charge in [-0.15, -0.1) is 0 Å². The van der Waals surface area contributed by atoms with Gasteiger partial charge >= 0.3 is 6.41 Å². The minimum absolute atomic E-state index is 0.427. The lowest BCUT2D eigenvalue weighted by molar-refractivity contribution is 0.475. The highest BCUT2D eigenvalue weighted by molar-refractivity contribution is 5.69. The molecule has 0 unspecified atom stereocenters. The minimum Gasteiger partial charge on any atom is -0.455 e. The Balaban J connectivity index is 1.84.